The zero-order valence-corrected chi connectivity index (χ0v) is 13.8. The second-order valence-corrected chi connectivity index (χ2v) is 6.57. The first-order chi connectivity index (χ1) is 10.7. The molecule has 7 heteroatoms. The van der Waals surface area contributed by atoms with Gasteiger partial charge in [-0.2, -0.15) is 0 Å². The van der Waals surface area contributed by atoms with Crippen LogP contribution in [0.15, 0.2) is 12.1 Å². The number of aromatic nitrogens is 1. The number of rotatable bonds is 3. The molecule has 0 atom stereocenters. The van der Waals surface area contributed by atoms with E-state index in [1.807, 2.05) is 20.8 Å². The van der Waals surface area contributed by atoms with Gasteiger partial charge in [0.1, 0.15) is 18.0 Å². The Hall–Kier alpha value is -2.31. The monoisotopic (exact) mass is 322 g/mol. The SMILES string of the molecule is CC(=O)OCc1ccc(O)c(C2CN(C(=O)OC(C)(C)C)C2)n1. The maximum absolute atomic E-state index is 11.9. The smallest absolute Gasteiger partial charge is 0.410 e. The van der Waals surface area contributed by atoms with Gasteiger partial charge in [0.15, 0.2) is 0 Å². The highest BCUT2D eigenvalue weighted by Gasteiger charge is 2.36. The van der Waals surface area contributed by atoms with E-state index in [1.165, 1.54) is 13.0 Å². The van der Waals surface area contributed by atoms with Gasteiger partial charge >= 0.3 is 12.1 Å². The van der Waals surface area contributed by atoms with Gasteiger partial charge in [-0.25, -0.2) is 9.78 Å². The van der Waals surface area contributed by atoms with Crippen LogP contribution < -0.4 is 0 Å². The summed E-state index contributed by atoms with van der Waals surface area (Å²) in [4.78, 5) is 28.6. The zero-order valence-electron chi connectivity index (χ0n) is 13.8. The van der Waals surface area contributed by atoms with Crippen molar-refractivity contribution in [3.05, 3.63) is 23.5 Å². The minimum Gasteiger partial charge on any atom is -0.506 e. The van der Waals surface area contributed by atoms with E-state index in [2.05, 4.69) is 4.98 Å². The number of carbonyl (C=O) groups excluding carboxylic acids is 2. The molecule has 1 fully saturated rings. The van der Waals surface area contributed by atoms with Crippen LogP contribution in [0.25, 0.3) is 0 Å². The van der Waals surface area contributed by atoms with Crippen molar-refractivity contribution < 1.29 is 24.2 Å². The average molecular weight is 322 g/mol. The highest BCUT2D eigenvalue weighted by molar-refractivity contribution is 5.69. The zero-order chi connectivity index (χ0) is 17.2. The van der Waals surface area contributed by atoms with E-state index < -0.39 is 5.60 Å². The number of nitrogens with zero attached hydrogens (tertiary/aromatic N) is 2. The van der Waals surface area contributed by atoms with Crippen LogP contribution in [0.5, 0.6) is 5.75 Å². The molecular weight excluding hydrogens is 300 g/mol. The summed E-state index contributed by atoms with van der Waals surface area (Å²) in [6.45, 7) is 7.70. The van der Waals surface area contributed by atoms with E-state index in [1.54, 1.807) is 11.0 Å². The maximum Gasteiger partial charge on any atom is 0.410 e. The highest BCUT2D eigenvalue weighted by Crippen LogP contribution is 2.32. The van der Waals surface area contributed by atoms with Crippen LogP contribution in [-0.2, 0) is 20.9 Å². The molecule has 1 aromatic heterocycles. The van der Waals surface area contributed by atoms with Crippen molar-refractivity contribution in [1.29, 1.82) is 0 Å². The van der Waals surface area contributed by atoms with Crippen molar-refractivity contribution in [3.63, 3.8) is 0 Å². The van der Waals surface area contributed by atoms with Crippen molar-refractivity contribution in [2.45, 2.75) is 45.8 Å². The number of carbonyl (C=O) groups is 2. The predicted molar refractivity (Wildman–Crippen MR) is 81.9 cm³/mol. The maximum atomic E-state index is 11.9. The lowest BCUT2D eigenvalue weighted by molar-refractivity contribution is -0.142. The van der Waals surface area contributed by atoms with Crippen LogP contribution in [0.3, 0.4) is 0 Å². The molecular formula is C16H22N2O5. The lowest BCUT2D eigenvalue weighted by Gasteiger charge is -2.39. The van der Waals surface area contributed by atoms with E-state index in [9.17, 15) is 14.7 Å². The Bertz CT molecular complexity index is 603. The first kappa shape index (κ1) is 17.1. The number of esters is 1. The van der Waals surface area contributed by atoms with Crippen molar-refractivity contribution >= 4 is 12.1 Å². The van der Waals surface area contributed by atoms with Crippen molar-refractivity contribution in [2.75, 3.05) is 13.1 Å². The number of hydrogen-bond donors (Lipinski definition) is 1. The van der Waals surface area contributed by atoms with Gasteiger partial charge in [-0.1, -0.05) is 0 Å². The summed E-state index contributed by atoms with van der Waals surface area (Å²) >= 11 is 0. The van der Waals surface area contributed by atoms with Crippen LogP contribution in [0, 0.1) is 0 Å². The molecule has 0 aromatic carbocycles. The third-order valence-corrected chi connectivity index (χ3v) is 3.30. The molecule has 1 amide bonds. The number of pyridine rings is 1. The van der Waals surface area contributed by atoms with Gasteiger partial charge < -0.3 is 19.5 Å². The van der Waals surface area contributed by atoms with Crippen LogP contribution in [0.1, 0.15) is 45.0 Å². The van der Waals surface area contributed by atoms with E-state index in [-0.39, 0.29) is 30.3 Å². The Labute approximate surface area is 135 Å². The first-order valence-corrected chi connectivity index (χ1v) is 7.46. The largest absolute Gasteiger partial charge is 0.506 e. The average Bonchev–Trinajstić information content (AvgIpc) is 2.35. The number of ether oxygens (including phenoxy) is 2. The van der Waals surface area contributed by atoms with Crippen LogP contribution >= 0.6 is 0 Å². The molecule has 0 saturated carbocycles. The van der Waals surface area contributed by atoms with Crippen molar-refractivity contribution in [1.82, 2.24) is 9.88 Å². The lowest BCUT2D eigenvalue weighted by Crippen LogP contribution is -2.50. The third-order valence-electron chi connectivity index (χ3n) is 3.30. The Morgan fingerprint density at radius 3 is 2.57 bits per heavy atom. The van der Waals surface area contributed by atoms with Gasteiger partial charge in [0, 0.05) is 25.9 Å². The number of aromatic hydroxyl groups is 1. The molecule has 1 aromatic rings. The van der Waals surface area contributed by atoms with Gasteiger partial charge in [-0.05, 0) is 32.9 Å². The van der Waals surface area contributed by atoms with E-state index in [0.29, 0.717) is 24.5 Å². The van der Waals surface area contributed by atoms with Crippen LogP contribution in [0.4, 0.5) is 4.79 Å². The summed E-state index contributed by atoms with van der Waals surface area (Å²) < 4.78 is 10.2. The van der Waals surface area contributed by atoms with Gasteiger partial charge in [0.2, 0.25) is 0 Å². The molecule has 2 rings (SSSR count). The standard InChI is InChI=1S/C16H22N2O5/c1-10(19)22-9-12-5-6-13(20)14(17-12)11-7-18(8-11)15(21)23-16(2,3)4/h5-6,11,20H,7-9H2,1-4H3. The number of hydrogen-bond acceptors (Lipinski definition) is 6. The molecule has 0 unspecified atom stereocenters. The van der Waals surface area contributed by atoms with E-state index in [4.69, 9.17) is 9.47 Å². The molecule has 1 N–H and O–H groups in total. The summed E-state index contributed by atoms with van der Waals surface area (Å²) in [7, 11) is 0. The summed E-state index contributed by atoms with van der Waals surface area (Å²) in [5, 5.41) is 9.95. The van der Waals surface area contributed by atoms with Gasteiger partial charge in [-0.3, -0.25) is 4.79 Å². The number of amides is 1. The minimum atomic E-state index is -0.535. The van der Waals surface area contributed by atoms with Crippen molar-refractivity contribution in [2.24, 2.45) is 0 Å². The second-order valence-electron chi connectivity index (χ2n) is 6.57. The third kappa shape index (κ3) is 4.58. The van der Waals surface area contributed by atoms with Crippen molar-refractivity contribution in [3.8, 4) is 5.75 Å². The Morgan fingerprint density at radius 2 is 2.00 bits per heavy atom. The number of likely N-dealkylation sites (tertiary alicyclic amines) is 1. The van der Waals surface area contributed by atoms with Crippen LogP contribution in [0.2, 0.25) is 0 Å². The minimum absolute atomic E-state index is 0.0557. The molecule has 1 aliphatic rings. The summed E-state index contributed by atoms with van der Waals surface area (Å²) in [6, 6.07) is 3.13. The normalized spacial score (nSPS) is 15.0. The highest BCUT2D eigenvalue weighted by atomic mass is 16.6. The fourth-order valence-corrected chi connectivity index (χ4v) is 2.19. The Kier molecular flexibility index (Phi) is 4.77. The molecule has 126 valence electrons. The summed E-state index contributed by atoms with van der Waals surface area (Å²) in [5.41, 5.74) is 0.533. The van der Waals surface area contributed by atoms with Crippen LogP contribution in [-0.4, -0.2) is 45.7 Å². The van der Waals surface area contributed by atoms with E-state index in [0.717, 1.165) is 0 Å². The van der Waals surface area contributed by atoms with Gasteiger partial charge in [-0.15, -0.1) is 0 Å². The summed E-state index contributed by atoms with van der Waals surface area (Å²) in [6.07, 6.45) is -0.371. The Balaban J connectivity index is 1.97. The lowest BCUT2D eigenvalue weighted by atomic mass is 9.95. The quantitative estimate of drug-likeness (QED) is 0.858. The fourth-order valence-electron chi connectivity index (χ4n) is 2.19. The molecule has 0 aliphatic carbocycles. The molecule has 1 aliphatic heterocycles. The van der Waals surface area contributed by atoms with Gasteiger partial charge in [0.05, 0.1) is 11.4 Å². The van der Waals surface area contributed by atoms with E-state index >= 15 is 0 Å². The Morgan fingerprint density at radius 1 is 1.35 bits per heavy atom. The predicted octanol–water partition coefficient (Wildman–Crippen LogP) is 2.18. The second kappa shape index (κ2) is 6.44. The molecule has 0 bridgehead atoms. The van der Waals surface area contributed by atoms with Gasteiger partial charge in [0.25, 0.3) is 0 Å². The molecule has 7 nitrogen and oxygen atoms in total. The molecule has 23 heavy (non-hydrogen) atoms. The molecule has 2 heterocycles. The molecule has 0 spiro atoms. The topological polar surface area (TPSA) is 89.0 Å². The summed E-state index contributed by atoms with van der Waals surface area (Å²) in [5.74, 6) is -0.369. The molecule has 0 radical (unpaired) electrons. The fraction of sp³-hybridized carbons (Fsp3) is 0.562. The first-order valence-electron chi connectivity index (χ1n) is 7.46. The molecule has 1 saturated heterocycles.